The highest BCUT2D eigenvalue weighted by molar-refractivity contribution is 7.22. The van der Waals surface area contributed by atoms with Crippen molar-refractivity contribution in [1.29, 1.82) is 0 Å². The lowest BCUT2D eigenvalue weighted by Crippen LogP contribution is -2.29. The number of hydrogen-bond donors (Lipinski definition) is 1. The first-order valence-corrected chi connectivity index (χ1v) is 12.5. The van der Waals surface area contributed by atoms with E-state index in [0.29, 0.717) is 57.3 Å². The monoisotopic (exact) mass is 534 g/mol. The van der Waals surface area contributed by atoms with Crippen molar-refractivity contribution in [2.45, 2.75) is 6.04 Å². The first kappa shape index (κ1) is 23.3. The smallest absolute Gasteiger partial charge is 0.301 e. The van der Waals surface area contributed by atoms with Gasteiger partial charge in [-0.25, -0.2) is 4.98 Å². The van der Waals surface area contributed by atoms with Crippen molar-refractivity contribution < 1.29 is 28.9 Å². The van der Waals surface area contributed by atoms with Crippen LogP contribution < -0.4 is 19.1 Å². The summed E-state index contributed by atoms with van der Waals surface area (Å²) in [5.74, 6) is -0.408. The number of halogens is 1. The van der Waals surface area contributed by atoms with Crippen molar-refractivity contribution in [2.24, 2.45) is 0 Å². The Morgan fingerprint density at radius 1 is 1.08 bits per heavy atom. The molecule has 3 heterocycles. The number of thiazole rings is 1. The number of carbonyl (C=O) groups excluding carboxylic acids is 2. The average Bonchev–Trinajstić information content (AvgIpc) is 3.45. The number of aliphatic hydroxyl groups is 1. The van der Waals surface area contributed by atoms with Crippen molar-refractivity contribution in [3.8, 4) is 17.2 Å². The van der Waals surface area contributed by atoms with Crippen LogP contribution in [0.4, 0.5) is 5.13 Å². The zero-order valence-corrected chi connectivity index (χ0v) is 21.0. The van der Waals surface area contributed by atoms with E-state index >= 15 is 0 Å². The summed E-state index contributed by atoms with van der Waals surface area (Å²) in [6, 6.07) is 16.2. The molecule has 0 bridgehead atoms. The molecule has 1 N–H and O–H groups in total. The van der Waals surface area contributed by atoms with Crippen LogP contribution in [0.25, 0.3) is 16.0 Å². The number of aliphatic hydroxyl groups excluding tert-OH is 1. The maximum atomic E-state index is 13.5. The molecule has 0 saturated carbocycles. The van der Waals surface area contributed by atoms with Gasteiger partial charge >= 0.3 is 5.91 Å². The van der Waals surface area contributed by atoms with Gasteiger partial charge in [0.15, 0.2) is 16.6 Å². The van der Waals surface area contributed by atoms with E-state index in [-0.39, 0.29) is 11.3 Å². The van der Waals surface area contributed by atoms with Gasteiger partial charge in [-0.2, -0.15) is 0 Å². The van der Waals surface area contributed by atoms with Crippen LogP contribution in [0.1, 0.15) is 17.2 Å². The molecule has 6 rings (SSSR count). The average molecular weight is 535 g/mol. The fourth-order valence-corrected chi connectivity index (χ4v) is 5.76. The fraction of sp³-hybridized carbons (Fsp3) is 0.148. The van der Waals surface area contributed by atoms with E-state index in [1.165, 1.54) is 23.3 Å². The van der Waals surface area contributed by atoms with E-state index < -0.39 is 17.7 Å². The maximum absolute atomic E-state index is 13.5. The molecule has 10 heteroatoms. The van der Waals surface area contributed by atoms with E-state index in [1.807, 2.05) is 0 Å². The number of fused-ring (bicyclic) bond motifs is 2. The van der Waals surface area contributed by atoms with E-state index in [9.17, 15) is 14.7 Å². The Morgan fingerprint density at radius 3 is 2.70 bits per heavy atom. The third-order valence-corrected chi connectivity index (χ3v) is 7.47. The van der Waals surface area contributed by atoms with Crippen LogP contribution in [0.15, 0.2) is 66.2 Å². The molecule has 1 saturated heterocycles. The molecule has 37 heavy (non-hydrogen) atoms. The van der Waals surface area contributed by atoms with E-state index in [4.69, 9.17) is 25.8 Å². The van der Waals surface area contributed by atoms with E-state index in [0.717, 1.165) is 4.70 Å². The largest absolute Gasteiger partial charge is 0.507 e. The standard InChI is InChI=1S/C27H19ClN2O6S/c1-34-17-4-2-3-14(11-17)23-22(24(31)15-5-8-19-20(12-15)36-10-9-35-19)25(32)26(33)30(23)27-29-18-7-6-16(28)13-21(18)37-27/h2-8,11-13,23,31H,9-10H2,1H3/b24-22+. The third-order valence-electron chi connectivity index (χ3n) is 6.21. The third kappa shape index (κ3) is 3.96. The van der Waals surface area contributed by atoms with Gasteiger partial charge in [-0.3, -0.25) is 14.5 Å². The van der Waals surface area contributed by atoms with Crippen LogP contribution in [-0.2, 0) is 9.59 Å². The number of anilines is 1. The molecule has 1 fully saturated rings. The van der Waals surface area contributed by atoms with Gasteiger partial charge in [0.25, 0.3) is 5.78 Å². The van der Waals surface area contributed by atoms with Crippen molar-refractivity contribution in [1.82, 2.24) is 4.98 Å². The predicted molar refractivity (Wildman–Crippen MR) is 140 cm³/mol. The van der Waals surface area contributed by atoms with Crippen molar-refractivity contribution in [3.63, 3.8) is 0 Å². The molecule has 0 radical (unpaired) electrons. The number of Topliss-reactive ketones (excluding diaryl/α,β-unsaturated/α-hetero) is 1. The Bertz CT molecular complexity index is 1610. The molecule has 0 spiro atoms. The normalized spacial score (nSPS) is 18.4. The number of rotatable bonds is 4. The summed E-state index contributed by atoms with van der Waals surface area (Å²) in [4.78, 5) is 32.8. The van der Waals surface area contributed by atoms with Crippen LogP contribution >= 0.6 is 22.9 Å². The first-order valence-electron chi connectivity index (χ1n) is 11.4. The number of ether oxygens (including phenoxy) is 3. The summed E-state index contributed by atoms with van der Waals surface area (Å²) in [6.45, 7) is 0.791. The topological polar surface area (TPSA) is 98.2 Å². The second kappa shape index (κ2) is 9.10. The quantitative estimate of drug-likeness (QED) is 0.214. The summed E-state index contributed by atoms with van der Waals surface area (Å²) < 4.78 is 17.4. The molecule has 1 amide bonds. The number of methoxy groups -OCH3 is 1. The number of aromatic nitrogens is 1. The van der Waals surface area contributed by atoms with Gasteiger partial charge in [0.1, 0.15) is 24.7 Å². The molecule has 8 nitrogen and oxygen atoms in total. The summed E-state index contributed by atoms with van der Waals surface area (Å²) in [6.07, 6.45) is 0. The molecule has 2 aliphatic heterocycles. The zero-order chi connectivity index (χ0) is 25.7. The Kier molecular flexibility index (Phi) is 5.73. The predicted octanol–water partition coefficient (Wildman–Crippen LogP) is 5.36. The van der Waals surface area contributed by atoms with Crippen LogP contribution in [0, 0.1) is 0 Å². The number of amides is 1. The number of ketones is 1. The van der Waals surface area contributed by atoms with Gasteiger partial charge in [0.2, 0.25) is 0 Å². The van der Waals surface area contributed by atoms with E-state index in [2.05, 4.69) is 4.98 Å². The van der Waals surface area contributed by atoms with Crippen LogP contribution in [0.3, 0.4) is 0 Å². The lowest BCUT2D eigenvalue weighted by Gasteiger charge is -2.23. The minimum absolute atomic E-state index is 0.0628. The second-order valence-electron chi connectivity index (χ2n) is 8.41. The second-order valence-corrected chi connectivity index (χ2v) is 9.86. The Hall–Kier alpha value is -4.08. The van der Waals surface area contributed by atoms with E-state index in [1.54, 1.807) is 60.7 Å². The van der Waals surface area contributed by atoms with Gasteiger partial charge in [-0.15, -0.1) is 0 Å². The molecule has 1 atom stereocenters. The number of benzene rings is 3. The highest BCUT2D eigenvalue weighted by Gasteiger charge is 2.48. The SMILES string of the molecule is COc1cccc(C2/C(=C(\O)c3ccc4c(c3)OCCO4)C(=O)C(=O)N2c2nc3ccc(Cl)cc3s2)c1. The van der Waals surface area contributed by atoms with Gasteiger partial charge in [-0.1, -0.05) is 35.1 Å². The zero-order valence-electron chi connectivity index (χ0n) is 19.4. The summed E-state index contributed by atoms with van der Waals surface area (Å²) in [5.41, 5.74) is 1.48. The minimum Gasteiger partial charge on any atom is -0.507 e. The maximum Gasteiger partial charge on any atom is 0.301 e. The van der Waals surface area contributed by atoms with Crippen LogP contribution in [-0.4, -0.2) is 42.1 Å². The summed E-state index contributed by atoms with van der Waals surface area (Å²) in [5, 5.41) is 12.3. The summed E-state index contributed by atoms with van der Waals surface area (Å²) in [7, 11) is 1.53. The molecular weight excluding hydrogens is 516 g/mol. The summed E-state index contributed by atoms with van der Waals surface area (Å²) >= 11 is 7.39. The fourth-order valence-electron chi connectivity index (χ4n) is 4.49. The lowest BCUT2D eigenvalue weighted by molar-refractivity contribution is -0.132. The Labute approximate surface area is 220 Å². The Balaban J connectivity index is 1.55. The molecule has 3 aromatic carbocycles. The van der Waals surface area contributed by atoms with Crippen LogP contribution in [0.5, 0.6) is 17.2 Å². The molecule has 1 unspecified atom stereocenters. The number of nitrogens with zero attached hydrogens (tertiary/aromatic N) is 2. The molecule has 186 valence electrons. The van der Waals surface area contributed by atoms with Crippen molar-refractivity contribution in [2.75, 3.05) is 25.2 Å². The molecule has 2 aliphatic rings. The molecule has 4 aromatic rings. The minimum atomic E-state index is -0.945. The van der Waals surface area contributed by atoms with Gasteiger partial charge in [0.05, 0.1) is 28.9 Å². The van der Waals surface area contributed by atoms with Gasteiger partial charge in [-0.05, 0) is 54.1 Å². The lowest BCUT2D eigenvalue weighted by atomic mass is 9.95. The molecule has 0 aliphatic carbocycles. The highest BCUT2D eigenvalue weighted by Crippen LogP contribution is 2.45. The number of carbonyl (C=O) groups is 2. The molecule has 1 aromatic heterocycles. The van der Waals surface area contributed by atoms with Crippen molar-refractivity contribution >= 4 is 55.7 Å². The number of hydrogen-bond acceptors (Lipinski definition) is 8. The molecular formula is C27H19ClN2O6S. The first-order chi connectivity index (χ1) is 17.9. The Morgan fingerprint density at radius 2 is 1.89 bits per heavy atom. The van der Waals surface area contributed by atoms with Gasteiger partial charge in [0, 0.05) is 10.6 Å². The van der Waals surface area contributed by atoms with Crippen LogP contribution in [0.2, 0.25) is 5.02 Å². The van der Waals surface area contributed by atoms with Gasteiger partial charge < -0.3 is 19.3 Å². The highest BCUT2D eigenvalue weighted by atomic mass is 35.5. The van der Waals surface area contributed by atoms with Crippen molar-refractivity contribution in [3.05, 3.63) is 82.4 Å².